The Morgan fingerprint density at radius 1 is 1.05 bits per heavy atom. The van der Waals surface area contributed by atoms with Gasteiger partial charge in [0.05, 0.1) is 0 Å². The molecule has 4 nitrogen and oxygen atoms in total. The highest BCUT2D eigenvalue weighted by molar-refractivity contribution is 6.30. The van der Waals surface area contributed by atoms with Gasteiger partial charge in [0.1, 0.15) is 16.8 Å². The number of likely N-dealkylation sites (tertiary alicyclic amines) is 1. The minimum absolute atomic E-state index is 0.592. The zero-order valence-corrected chi connectivity index (χ0v) is 13.2. The SMILES string of the molecule is Cc1nc(Cl)c(C)c(N2CCC(N3CCCCC3)C2)n1. The number of halogens is 1. The van der Waals surface area contributed by atoms with Crippen LogP contribution < -0.4 is 4.90 Å². The summed E-state index contributed by atoms with van der Waals surface area (Å²) < 4.78 is 0. The molecule has 0 N–H and O–H groups in total. The highest BCUT2D eigenvalue weighted by Crippen LogP contribution is 2.28. The molecule has 2 fully saturated rings. The van der Waals surface area contributed by atoms with Crippen molar-refractivity contribution in [3.05, 3.63) is 16.5 Å². The van der Waals surface area contributed by atoms with E-state index in [1.807, 2.05) is 13.8 Å². The van der Waals surface area contributed by atoms with E-state index in [2.05, 4.69) is 19.8 Å². The zero-order chi connectivity index (χ0) is 14.1. The van der Waals surface area contributed by atoms with Gasteiger partial charge in [-0.25, -0.2) is 9.97 Å². The number of hydrogen-bond acceptors (Lipinski definition) is 4. The lowest BCUT2D eigenvalue weighted by Gasteiger charge is -2.32. The number of aromatic nitrogens is 2. The maximum absolute atomic E-state index is 6.19. The van der Waals surface area contributed by atoms with Crippen LogP contribution in [0.15, 0.2) is 0 Å². The van der Waals surface area contributed by atoms with E-state index >= 15 is 0 Å². The summed E-state index contributed by atoms with van der Waals surface area (Å²) in [7, 11) is 0. The van der Waals surface area contributed by atoms with Crippen LogP contribution in [0.4, 0.5) is 5.82 Å². The molecule has 2 aliphatic heterocycles. The van der Waals surface area contributed by atoms with Gasteiger partial charge in [0.25, 0.3) is 0 Å². The molecule has 3 rings (SSSR count). The van der Waals surface area contributed by atoms with Crippen molar-refractivity contribution in [2.75, 3.05) is 31.1 Å². The molecule has 0 bridgehead atoms. The van der Waals surface area contributed by atoms with Crippen LogP contribution in [-0.2, 0) is 0 Å². The van der Waals surface area contributed by atoms with E-state index in [0.717, 1.165) is 30.3 Å². The van der Waals surface area contributed by atoms with Crippen molar-refractivity contribution in [1.82, 2.24) is 14.9 Å². The Kier molecular flexibility index (Phi) is 4.13. The smallest absolute Gasteiger partial charge is 0.137 e. The van der Waals surface area contributed by atoms with Crippen molar-refractivity contribution in [3.63, 3.8) is 0 Å². The molecule has 0 saturated carbocycles. The van der Waals surface area contributed by atoms with Crippen molar-refractivity contribution in [1.29, 1.82) is 0 Å². The molecule has 5 heteroatoms. The molecule has 110 valence electrons. The predicted octanol–water partition coefficient (Wildman–Crippen LogP) is 2.81. The standard InChI is InChI=1S/C15H23ClN4/c1-11-14(16)17-12(2)18-15(11)20-9-6-13(10-20)19-7-4-3-5-8-19/h13H,3-10H2,1-2H3. The topological polar surface area (TPSA) is 32.3 Å². The number of nitrogens with zero attached hydrogens (tertiary/aromatic N) is 4. The van der Waals surface area contributed by atoms with E-state index in [4.69, 9.17) is 11.6 Å². The van der Waals surface area contributed by atoms with Crippen LogP contribution in [0, 0.1) is 13.8 Å². The van der Waals surface area contributed by atoms with Gasteiger partial charge in [-0.1, -0.05) is 18.0 Å². The van der Waals surface area contributed by atoms with Crippen molar-refractivity contribution < 1.29 is 0 Å². The lowest BCUT2D eigenvalue weighted by Crippen LogP contribution is -2.41. The number of anilines is 1. The molecule has 0 aromatic carbocycles. The molecular formula is C15H23ClN4. The van der Waals surface area contributed by atoms with Crippen LogP contribution in [0.5, 0.6) is 0 Å². The van der Waals surface area contributed by atoms with Gasteiger partial charge in [-0.05, 0) is 46.2 Å². The summed E-state index contributed by atoms with van der Waals surface area (Å²) in [6.45, 7) is 8.61. The van der Waals surface area contributed by atoms with Crippen molar-refractivity contribution in [3.8, 4) is 0 Å². The van der Waals surface area contributed by atoms with Crippen molar-refractivity contribution in [2.45, 2.75) is 45.6 Å². The summed E-state index contributed by atoms with van der Waals surface area (Å²) in [4.78, 5) is 13.9. The molecule has 1 atom stereocenters. The monoisotopic (exact) mass is 294 g/mol. The quantitative estimate of drug-likeness (QED) is 0.785. The van der Waals surface area contributed by atoms with E-state index in [9.17, 15) is 0 Å². The third-order valence-corrected chi connectivity index (χ3v) is 4.91. The van der Waals surface area contributed by atoms with Crippen LogP contribution in [0.25, 0.3) is 0 Å². The number of rotatable bonds is 2. The molecule has 20 heavy (non-hydrogen) atoms. The van der Waals surface area contributed by atoms with Crippen molar-refractivity contribution in [2.24, 2.45) is 0 Å². The van der Waals surface area contributed by atoms with E-state index in [1.165, 1.54) is 38.8 Å². The Balaban J connectivity index is 1.73. The summed E-state index contributed by atoms with van der Waals surface area (Å²) in [6.07, 6.45) is 5.34. The average molecular weight is 295 g/mol. The Morgan fingerprint density at radius 2 is 1.80 bits per heavy atom. The van der Waals surface area contributed by atoms with Gasteiger partial charge >= 0.3 is 0 Å². The lowest BCUT2D eigenvalue weighted by molar-refractivity contribution is 0.174. The Labute approximate surface area is 126 Å². The summed E-state index contributed by atoms with van der Waals surface area (Å²) in [5.74, 6) is 1.79. The first kappa shape index (κ1) is 14.1. The number of hydrogen-bond donors (Lipinski definition) is 0. The average Bonchev–Trinajstić information content (AvgIpc) is 2.93. The maximum Gasteiger partial charge on any atom is 0.137 e. The minimum Gasteiger partial charge on any atom is -0.355 e. The highest BCUT2D eigenvalue weighted by Gasteiger charge is 2.30. The molecule has 0 amide bonds. The first-order valence-corrected chi connectivity index (χ1v) is 8.02. The summed E-state index contributed by atoms with van der Waals surface area (Å²) in [5.41, 5.74) is 1.01. The molecule has 2 saturated heterocycles. The second-order valence-corrected chi connectivity index (χ2v) is 6.35. The zero-order valence-electron chi connectivity index (χ0n) is 12.4. The Bertz CT molecular complexity index is 485. The molecular weight excluding hydrogens is 272 g/mol. The molecule has 2 aliphatic rings. The number of piperidine rings is 1. The van der Waals surface area contributed by atoms with Crippen LogP contribution in [0.1, 0.15) is 37.1 Å². The van der Waals surface area contributed by atoms with E-state index in [0.29, 0.717) is 11.2 Å². The van der Waals surface area contributed by atoms with Gasteiger partial charge in [-0.2, -0.15) is 0 Å². The summed E-state index contributed by atoms with van der Waals surface area (Å²) in [5, 5.41) is 0.592. The fourth-order valence-electron chi connectivity index (χ4n) is 3.40. The van der Waals surface area contributed by atoms with Gasteiger partial charge in [-0.3, -0.25) is 4.90 Å². The van der Waals surface area contributed by atoms with Gasteiger partial charge < -0.3 is 4.90 Å². The molecule has 1 unspecified atom stereocenters. The fraction of sp³-hybridized carbons (Fsp3) is 0.733. The molecule has 0 aliphatic carbocycles. The molecule has 3 heterocycles. The van der Waals surface area contributed by atoms with Crippen LogP contribution in [0.2, 0.25) is 5.15 Å². The lowest BCUT2D eigenvalue weighted by atomic mass is 10.1. The molecule has 0 radical (unpaired) electrons. The maximum atomic E-state index is 6.19. The summed E-state index contributed by atoms with van der Waals surface area (Å²) >= 11 is 6.19. The van der Waals surface area contributed by atoms with Crippen LogP contribution >= 0.6 is 11.6 Å². The van der Waals surface area contributed by atoms with Crippen LogP contribution in [0.3, 0.4) is 0 Å². The third kappa shape index (κ3) is 2.77. The van der Waals surface area contributed by atoms with E-state index in [1.54, 1.807) is 0 Å². The largest absolute Gasteiger partial charge is 0.355 e. The predicted molar refractivity (Wildman–Crippen MR) is 82.6 cm³/mol. The van der Waals surface area contributed by atoms with Crippen molar-refractivity contribution >= 4 is 17.4 Å². The Morgan fingerprint density at radius 3 is 2.55 bits per heavy atom. The van der Waals surface area contributed by atoms with Gasteiger partial charge in [0.15, 0.2) is 0 Å². The highest BCUT2D eigenvalue weighted by atomic mass is 35.5. The fourth-order valence-corrected chi connectivity index (χ4v) is 3.61. The second kappa shape index (κ2) is 5.86. The molecule has 1 aromatic rings. The van der Waals surface area contributed by atoms with E-state index < -0.39 is 0 Å². The second-order valence-electron chi connectivity index (χ2n) is 6.00. The third-order valence-electron chi connectivity index (χ3n) is 4.54. The first-order valence-electron chi connectivity index (χ1n) is 7.65. The normalized spacial score (nSPS) is 24.4. The van der Waals surface area contributed by atoms with Gasteiger partial charge in [0, 0.05) is 24.7 Å². The van der Waals surface area contributed by atoms with Crippen LogP contribution in [-0.4, -0.2) is 47.1 Å². The summed E-state index contributed by atoms with van der Waals surface area (Å²) in [6, 6.07) is 0.684. The van der Waals surface area contributed by atoms with E-state index in [-0.39, 0.29) is 0 Å². The minimum atomic E-state index is 0.592. The number of aryl methyl sites for hydroxylation is 1. The van der Waals surface area contributed by atoms with Gasteiger partial charge in [0.2, 0.25) is 0 Å². The van der Waals surface area contributed by atoms with Gasteiger partial charge in [-0.15, -0.1) is 0 Å². The Hall–Kier alpha value is -0.870. The molecule has 0 spiro atoms. The first-order chi connectivity index (χ1) is 9.65. The molecule has 1 aromatic heterocycles.